The molecule has 1 atom stereocenters. The molecule has 1 fully saturated rings. The molecule has 8 heteroatoms. The standard InChI is InChI=1S/C17H20FN3O3S/c1-12(24-15-4-2-13(18)3-5-15)16(22)20-17-19-14(11-25-17)10-21-6-8-23-9-7-21/h2-5,11-12H,6-10H2,1H3,(H,19,20,22). The summed E-state index contributed by atoms with van der Waals surface area (Å²) in [5, 5.41) is 5.24. The van der Waals surface area contributed by atoms with Crippen LogP contribution in [-0.2, 0) is 16.1 Å². The molecular weight excluding hydrogens is 345 g/mol. The van der Waals surface area contributed by atoms with Crippen LogP contribution < -0.4 is 10.1 Å². The van der Waals surface area contributed by atoms with Crippen molar-refractivity contribution in [3.05, 3.63) is 41.2 Å². The van der Waals surface area contributed by atoms with E-state index in [-0.39, 0.29) is 11.7 Å². The molecule has 25 heavy (non-hydrogen) atoms. The molecule has 1 aromatic carbocycles. The minimum atomic E-state index is -0.711. The lowest BCUT2D eigenvalue weighted by Crippen LogP contribution is -2.35. The van der Waals surface area contributed by atoms with Crippen LogP contribution in [0, 0.1) is 5.82 Å². The lowest BCUT2D eigenvalue weighted by Gasteiger charge is -2.25. The Bertz CT molecular complexity index is 701. The maximum absolute atomic E-state index is 12.9. The summed E-state index contributed by atoms with van der Waals surface area (Å²) in [6, 6.07) is 5.56. The van der Waals surface area contributed by atoms with Crippen LogP contribution in [0.25, 0.3) is 0 Å². The highest BCUT2D eigenvalue weighted by molar-refractivity contribution is 7.13. The van der Waals surface area contributed by atoms with Crippen LogP contribution in [-0.4, -0.2) is 48.2 Å². The van der Waals surface area contributed by atoms with Gasteiger partial charge in [0, 0.05) is 25.0 Å². The Labute approximate surface area is 149 Å². The number of benzene rings is 1. The first kappa shape index (κ1) is 17.8. The predicted octanol–water partition coefficient (Wildman–Crippen LogP) is 2.52. The second kappa shape index (κ2) is 8.37. The molecule has 1 saturated heterocycles. The molecule has 1 aromatic heterocycles. The maximum Gasteiger partial charge on any atom is 0.266 e. The van der Waals surface area contributed by atoms with Gasteiger partial charge in [-0.3, -0.25) is 15.0 Å². The summed E-state index contributed by atoms with van der Waals surface area (Å²) in [4.78, 5) is 18.9. The smallest absolute Gasteiger partial charge is 0.266 e. The first-order chi connectivity index (χ1) is 12.1. The number of nitrogens with zero attached hydrogens (tertiary/aromatic N) is 2. The average molecular weight is 365 g/mol. The Morgan fingerprint density at radius 3 is 2.84 bits per heavy atom. The lowest BCUT2D eigenvalue weighted by atomic mass is 10.3. The number of hydrogen-bond acceptors (Lipinski definition) is 6. The van der Waals surface area contributed by atoms with E-state index in [1.165, 1.54) is 35.6 Å². The first-order valence-corrected chi connectivity index (χ1v) is 8.96. The number of hydrogen-bond donors (Lipinski definition) is 1. The van der Waals surface area contributed by atoms with Crippen molar-refractivity contribution in [1.29, 1.82) is 0 Å². The fraction of sp³-hybridized carbons (Fsp3) is 0.412. The molecule has 2 heterocycles. The van der Waals surface area contributed by atoms with Crippen LogP contribution >= 0.6 is 11.3 Å². The molecule has 1 aliphatic rings. The SMILES string of the molecule is CC(Oc1ccc(F)cc1)C(=O)Nc1nc(CN2CCOCC2)cs1. The quantitative estimate of drug-likeness (QED) is 0.852. The lowest BCUT2D eigenvalue weighted by molar-refractivity contribution is -0.122. The largest absolute Gasteiger partial charge is 0.481 e. The molecule has 0 spiro atoms. The van der Waals surface area contributed by atoms with E-state index in [2.05, 4.69) is 15.2 Å². The van der Waals surface area contributed by atoms with Crippen molar-refractivity contribution in [1.82, 2.24) is 9.88 Å². The number of amides is 1. The molecular formula is C17H20FN3O3S. The Morgan fingerprint density at radius 1 is 1.40 bits per heavy atom. The average Bonchev–Trinajstić information content (AvgIpc) is 3.04. The highest BCUT2D eigenvalue weighted by atomic mass is 32.1. The van der Waals surface area contributed by atoms with Crippen LogP contribution in [0.3, 0.4) is 0 Å². The Hall–Kier alpha value is -2.03. The van der Waals surface area contributed by atoms with Crippen LogP contribution in [0.1, 0.15) is 12.6 Å². The predicted molar refractivity (Wildman–Crippen MR) is 93.3 cm³/mol. The third-order valence-electron chi connectivity index (χ3n) is 3.77. The summed E-state index contributed by atoms with van der Waals surface area (Å²) >= 11 is 1.39. The van der Waals surface area contributed by atoms with Crippen LogP contribution in [0.4, 0.5) is 9.52 Å². The Balaban J connectivity index is 1.51. The summed E-state index contributed by atoms with van der Waals surface area (Å²) in [7, 11) is 0. The molecule has 0 aliphatic carbocycles. The fourth-order valence-electron chi connectivity index (χ4n) is 2.40. The number of rotatable bonds is 6. The van der Waals surface area contributed by atoms with Gasteiger partial charge in [0.05, 0.1) is 18.9 Å². The third-order valence-corrected chi connectivity index (χ3v) is 4.57. The minimum Gasteiger partial charge on any atom is -0.481 e. The van der Waals surface area contributed by atoms with Gasteiger partial charge in [0.15, 0.2) is 11.2 Å². The van der Waals surface area contributed by atoms with E-state index in [0.717, 1.165) is 38.5 Å². The third kappa shape index (κ3) is 5.22. The van der Waals surface area contributed by atoms with E-state index >= 15 is 0 Å². The number of nitrogens with one attached hydrogen (secondary N) is 1. The van der Waals surface area contributed by atoms with E-state index in [1.54, 1.807) is 6.92 Å². The molecule has 0 radical (unpaired) electrons. The number of thiazole rings is 1. The zero-order valence-corrected chi connectivity index (χ0v) is 14.7. The molecule has 2 aromatic rings. The molecule has 0 bridgehead atoms. The number of anilines is 1. The summed E-state index contributed by atoms with van der Waals surface area (Å²) in [5.74, 6) is -0.201. The molecule has 134 valence electrons. The summed E-state index contributed by atoms with van der Waals surface area (Å²) < 4.78 is 23.7. The van der Waals surface area contributed by atoms with E-state index in [4.69, 9.17) is 9.47 Å². The summed E-state index contributed by atoms with van der Waals surface area (Å²) in [6.07, 6.45) is -0.711. The zero-order chi connectivity index (χ0) is 17.6. The van der Waals surface area contributed by atoms with Crippen LogP contribution in [0.15, 0.2) is 29.6 Å². The highest BCUT2D eigenvalue weighted by Crippen LogP contribution is 2.19. The number of aromatic nitrogens is 1. The normalized spacial score (nSPS) is 16.4. The van der Waals surface area contributed by atoms with Crippen molar-refractivity contribution >= 4 is 22.4 Å². The van der Waals surface area contributed by atoms with Crippen LogP contribution in [0.2, 0.25) is 0 Å². The second-order valence-corrected chi connectivity index (χ2v) is 6.59. The number of morpholine rings is 1. The van der Waals surface area contributed by atoms with Gasteiger partial charge in [0.2, 0.25) is 0 Å². The number of carbonyl (C=O) groups excluding carboxylic acids is 1. The topological polar surface area (TPSA) is 63.7 Å². The fourth-order valence-corrected chi connectivity index (χ4v) is 3.11. The van der Waals surface area contributed by atoms with Gasteiger partial charge in [0.25, 0.3) is 5.91 Å². The first-order valence-electron chi connectivity index (χ1n) is 8.08. The van der Waals surface area contributed by atoms with Gasteiger partial charge in [0.1, 0.15) is 11.6 Å². The molecule has 3 rings (SSSR count). The van der Waals surface area contributed by atoms with Crippen LogP contribution in [0.5, 0.6) is 5.75 Å². The van der Waals surface area contributed by atoms with Crippen molar-refractivity contribution in [3.63, 3.8) is 0 Å². The van der Waals surface area contributed by atoms with E-state index in [1.807, 2.05) is 5.38 Å². The van der Waals surface area contributed by atoms with Gasteiger partial charge in [-0.2, -0.15) is 0 Å². The van der Waals surface area contributed by atoms with E-state index < -0.39 is 6.10 Å². The zero-order valence-electron chi connectivity index (χ0n) is 13.9. The van der Waals surface area contributed by atoms with E-state index in [0.29, 0.717) is 10.9 Å². The molecule has 1 N–H and O–H groups in total. The minimum absolute atomic E-state index is 0.295. The Morgan fingerprint density at radius 2 is 2.12 bits per heavy atom. The van der Waals surface area contributed by atoms with Gasteiger partial charge >= 0.3 is 0 Å². The van der Waals surface area contributed by atoms with Gasteiger partial charge in [-0.15, -0.1) is 11.3 Å². The van der Waals surface area contributed by atoms with Gasteiger partial charge in [-0.1, -0.05) is 0 Å². The molecule has 0 saturated carbocycles. The monoisotopic (exact) mass is 365 g/mol. The van der Waals surface area contributed by atoms with Crippen molar-refractivity contribution in [2.45, 2.75) is 19.6 Å². The molecule has 6 nitrogen and oxygen atoms in total. The van der Waals surface area contributed by atoms with Crippen molar-refractivity contribution < 1.29 is 18.7 Å². The number of halogens is 1. The van der Waals surface area contributed by atoms with Gasteiger partial charge in [-0.05, 0) is 31.2 Å². The molecule has 1 aliphatic heterocycles. The second-order valence-electron chi connectivity index (χ2n) is 5.74. The van der Waals surface area contributed by atoms with Crippen molar-refractivity contribution in [2.24, 2.45) is 0 Å². The van der Waals surface area contributed by atoms with Crippen molar-refractivity contribution in [2.75, 3.05) is 31.6 Å². The van der Waals surface area contributed by atoms with Gasteiger partial charge in [-0.25, -0.2) is 9.37 Å². The number of carbonyl (C=O) groups is 1. The van der Waals surface area contributed by atoms with Crippen molar-refractivity contribution in [3.8, 4) is 5.75 Å². The van der Waals surface area contributed by atoms with Gasteiger partial charge < -0.3 is 9.47 Å². The summed E-state index contributed by atoms with van der Waals surface area (Å²) in [5.41, 5.74) is 0.925. The highest BCUT2D eigenvalue weighted by Gasteiger charge is 2.17. The molecule has 1 unspecified atom stereocenters. The Kier molecular flexibility index (Phi) is 5.95. The van der Waals surface area contributed by atoms with E-state index in [9.17, 15) is 9.18 Å². The molecule has 1 amide bonds. The maximum atomic E-state index is 12.9. The number of ether oxygens (including phenoxy) is 2. The summed E-state index contributed by atoms with van der Waals surface area (Å²) in [6.45, 7) is 5.65.